The lowest BCUT2D eigenvalue weighted by Gasteiger charge is -2.18. The van der Waals surface area contributed by atoms with Gasteiger partial charge in [-0.05, 0) is 25.2 Å². The van der Waals surface area contributed by atoms with Crippen LogP contribution in [0.2, 0.25) is 0 Å². The van der Waals surface area contributed by atoms with Gasteiger partial charge in [0.2, 0.25) is 6.79 Å². The van der Waals surface area contributed by atoms with E-state index >= 15 is 0 Å². The molecule has 0 atom stereocenters. The Bertz CT molecular complexity index is 1360. The van der Waals surface area contributed by atoms with Crippen molar-refractivity contribution in [2.24, 2.45) is 0 Å². The minimum absolute atomic E-state index is 0.0327. The highest BCUT2D eigenvalue weighted by Gasteiger charge is 2.31. The number of anilines is 2. The zero-order valence-electron chi connectivity index (χ0n) is 18.9. The van der Waals surface area contributed by atoms with Crippen LogP contribution in [0.25, 0.3) is 22.2 Å². The van der Waals surface area contributed by atoms with Gasteiger partial charge in [-0.2, -0.15) is 13.5 Å². The lowest BCUT2D eigenvalue weighted by Crippen LogP contribution is -2.27. The molecule has 0 radical (unpaired) electrons. The van der Waals surface area contributed by atoms with Crippen molar-refractivity contribution in [1.82, 2.24) is 14.7 Å². The van der Waals surface area contributed by atoms with Crippen LogP contribution < -0.4 is 14.8 Å². The van der Waals surface area contributed by atoms with Gasteiger partial charge in [-0.3, -0.25) is 19.3 Å². The number of aromatic nitrogens is 2. The molecule has 1 aromatic heterocycles. The van der Waals surface area contributed by atoms with Crippen LogP contribution in [0.1, 0.15) is 13.8 Å². The third kappa shape index (κ3) is 4.62. The van der Waals surface area contributed by atoms with Crippen molar-refractivity contribution in [3.63, 3.8) is 0 Å². The molecule has 3 heterocycles. The van der Waals surface area contributed by atoms with E-state index in [2.05, 4.69) is 24.1 Å². The molecule has 0 aliphatic carbocycles. The molecule has 34 heavy (non-hydrogen) atoms. The third-order valence-electron chi connectivity index (χ3n) is 5.64. The van der Waals surface area contributed by atoms with E-state index in [1.54, 1.807) is 12.1 Å². The van der Waals surface area contributed by atoms with Crippen LogP contribution >= 0.6 is 0 Å². The smallest absolute Gasteiger partial charge is 0.293 e. The van der Waals surface area contributed by atoms with Crippen LogP contribution in [0.4, 0.5) is 17.1 Å². The van der Waals surface area contributed by atoms with Gasteiger partial charge in [0.05, 0.1) is 34.3 Å². The average molecular weight is 492 g/mol. The predicted molar refractivity (Wildman–Crippen MR) is 126 cm³/mol. The summed E-state index contributed by atoms with van der Waals surface area (Å²) in [5.74, 6) is 1.28. The number of nitro benzene ring substituents is 1. The van der Waals surface area contributed by atoms with Crippen LogP contribution in [0, 0.1) is 10.1 Å². The number of hydrogen-bond acceptors (Lipinski definition) is 9. The summed E-state index contributed by atoms with van der Waals surface area (Å²) < 4.78 is 38.8. The maximum atomic E-state index is 11.6. The predicted octanol–water partition coefficient (Wildman–Crippen LogP) is 3.24. The van der Waals surface area contributed by atoms with E-state index in [4.69, 9.17) is 19.1 Å². The second-order valence-corrected chi connectivity index (χ2v) is 9.28. The molecule has 3 aromatic rings. The molecule has 2 aliphatic heterocycles. The topological polar surface area (TPSA) is 149 Å². The first kappa shape index (κ1) is 23.7. The fourth-order valence-electron chi connectivity index (χ4n) is 4.05. The summed E-state index contributed by atoms with van der Waals surface area (Å²) in [5.41, 5.74) is 3.70. The molecule has 5 rings (SSSR count). The van der Waals surface area contributed by atoms with E-state index in [1.807, 2.05) is 16.8 Å². The first-order valence-corrected chi connectivity index (χ1v) is 12.5. The van der Waals surface area contributed by atoms with Crippen molar-refractivity contribution in [3.05, 3.63) is 34.4 Å². The SMILES string of the molecule is CCN(CC)CCn1nc2c3c(c([N+](=O)[O-])ccc31)Nc1cc3c(cc1-2)OCO3.CS(=O)(=O)O. The minimum atomic E-state index is -3.67. The summed E-state index contributed by atoms with van der Waals surface area (Å²) in [5, 5.41) is 20.5. The van der Waals surface area contributed by atoms with E-state index in [1.165, 1.54) is 0 Å². The van der Waals surface area contributed by atoms with E-state index < -0.39 is 10.1 Å². The first-order valence-electron chi connectivity index (χ1n) is 10.6. The number of likely N-dealkylation sites (N-methyl/N-ethyl adjacent to an activating group) is 1. The Morgan fingerprint density at radius 3 is 2.50 bits per heavy atom. The maximum absolute atomic E-state index is 11.6. The van der Waals surface area contributed by atoms with Crippen LogP contribution in [-0.2, 0) is 16.7 Å². The lowest BCUT2D eigenvalue weighted by atomic mass is 9.99. The summed E-state index contributed by atoms with van der Waals surface area (Å²) in [4.78, 5) is 13.6. The van der Waals surface area contributed by atoms with Gasteiger partial charge in [-0.25, -0.2) is 0 Å². The number of nitrogens with zero attached hydrogens (tertiary/aromatic N) is 4. The molecule has 0 amide bonds. The molecule has 2 N–H and O–H groups in total. The summed E-state index contributed by atoms with van der Waals surface area (Å²) >= 11 is 0. The lowest BCUT2D eigenvalue weighted by molar-refractivity contribution is -0.383. The number of nitro groups is 1. The van der Waals surface area contributed by atoms with Gasteiger partial charge in [0, 0.05) is 24.2 Å². The molecule has 2 aromatic carbocycles. The van der Waals surface area contributed by atoms with Crippen molar-refractivity contribution in [2.75, 3.05) is 38.0 Å². The second kappa shape index (κ2) is 9.08. The molecule has 0 saturated carbocycles. The highest BCUT2D eigenvalue weighted by molar-refractivity contribution is 7.85. The zero-order valence-corrected chi connectivity index (χ0v) is 19.8. The molecule has 12 nitrogen and oxygen atoms in total. The van der Waals surface area contributed by atoms with E-state index in [-0.39, 0.29) is 17.4 Å². The Balaban J connectivity index is 0.000000499. The average Bonchev–Trinajstić information content (AvgIpc) is 3.37. The molecule has 0 bridgehead atoms. The molecule has 0 unspecified atom stereocenters. The van der Waals surface area contributed by atoms with Crippen molar-refractivity contribution in [1.29, 1.82) is 0 Å². The monoisotopic (exact) mass is 491 g/mol. The van der Waals surface area contributed by atoms with Gasteiger partial charge in [-0.1, -0.05) is 13.8 Å². The molecule has 182 valence electrons. The number of hydrogen-bond donors (Lipinski definition) is 2. The van der Waals surface area contributed by atoms with E-state index in [0.29, 0.717) is 30.0 Å². The number of ether oxygens (including phenoxy) is 2. The number of rotatable bonds is 6. The quantitative estimate of drug-likeness (QED) is 0.234. The van der Waals surface area contributed by atoms with E-state index in [0.717, 1.165) is 47.5 Å². The number of benzene rings is 2. The van der Waals surface area contributed by atoms with Gasteiger partial charge in [0.15, 0.2) is 11.5 Å². The summed E-state index contributed by atoms with van der Waals surface area (Å²) in [6, 6.07) is 7.04. The van der Waals surface area contributed by atoms with Crippen LogP contribution in [0.5, 0.6) is 11.5 Å². The Morgan fingerprint density at radius 2 is 1.88 bits per heavy atom. The van der Waals surface area contributed by atoms with Gasteiger partial charge in [0.1, 0.15) is 11.4 Å². The van der Waals surface area contributed by atoms with Gasteiger partial charge in [0.25, 0.3) is 15.8 Å². The number of nitrogens with one attached hydrogen (secondary N) is 1. The zero-order chi connectivity index (χ0) is 24.6. The van der Waals surface area contributed by atoms with Crippen LogP contribution in [-0.4, -0.2) is 65.3 Å². The highest BCUT2D eigenvalue weighted by atomic mass is 32.2. The first-order chi connectivity index (χ1) is 16.1. The molecule has 13 heteroatoms. The molecule has 2 aliphatic rings. The standard InChI is InChI=1S/C20H21N5O4.CH4O3S/c1-3-23(4-2)7-8-24-14-5-6-15(25(26)27)20-18(14)19(22-24)12-9-16-17(29-11-28-16)10-13(12)21-20;1-5(2,3)4/h5-6,9-10,21H,3-4,7-8,11H2,1-2H3;1H3,(H,2,3,4). The van der Waals surface area contributed by atoms with Gasteiger partial charge < -0.3 is 19.7 Å². The highest BCUT2D eigenvalue weighted by Crippen LogP contribution is 2.50. The van der Waals surface area contributed by atoms with Crippen molar-refractivity contribution >= 4 is 38.1 Å². The second-order valence-electron chi connectivity index (χ2n) is 7.82. The van der Waals surface area contributed by atoms with Crippen LogP contribution in [0.3, 0.4) is 0 Å². The van der Waals surface area contributed by atoms with Gasteiger partial charge >= 0.3 is 0 Å². The molecular weight excluding hydrogens is 466 g/mol. The summed E-state index contributed by atoms with van der Waals surface area (Å²) in [6.45, 7) is 7.93. The van der Waals surface area contributed by atoms with Crippen LogP contribution in [0.15, 0.2) is 24.3 Å². The summed E-state index contributed by atoms with van der Waals surface area (Å²) in [7, 11) is -3.67. The Hall–Kier alpha value is -3.42. The Labute approximate surface area is 196 Å². The fraction of sp³-hybridized carbons (Fsp3) is 0.381. The van der Waals surface area contributed by atoms with Gasteiger partial charge in [-0.15, -0.1) is 0 Å². The summed E-state index contributed by atoms with van der Waals surface area (Å²) in [6.07, 6.45) is 0.715. The third-order valence-corrected chi connectivity index (χ3v) is 5.64. The largest absolute Gasteiger partial charge is 0.454 e. The van der Waals surface area contributed by atoms with E-state index in [9.17, 15) is 18.5 Å². The van der Waals surface area contributed by atoms with Crippen molar-refractivity contribution in [2.45, 2.75) is 20.4 Å². The molecular formula is C21H25N5O7S. The Kier molecular flexibility index (Phi) is 6.34. The molecule has 0 saturated heterocycles. The molecule has 0 fully saturated rings. The minimum Gasteiger partial charge on any atom is -0.454 e. The molecule has 0 spiro atoms. The Morgan fingerprint density at radius 1 is 1.24 bits per heavy atom. The number of fused-ring (bicyclic) bond motifs is 3. The maximum Gasteiger partial charge on any atom is 0.293 e. The van der Waals surface area contributed by atoms with Crippen molar-refractivity contribution in [3.8, 4) is 22.8 Å². The van der Waals surface area contributed by atoms with Crippen molar-refractivity contribution < 1.29 is 27.4 Å². The normalized spacial score (nSPS) is 13.3. The fourth-order valence-corrected chi connectivity index (χ4v) is 4.05.